The quantitative estimate of drug-likeness (QED) is 0.669. The standard InChI is InChI=1S/C13H19ClN2O3/c1-10(9-16-13(18)15-6-3-7-17)19-12-5-2-4-11(14)8-12/h2,4-5,8,10,17H,3,6-7,9H2,1H3,(H2,15,16,18). The van der Waals surface area contributed by atoms with Gasteiger partial charge < -0.3 is 20.5 Å². The Bertz CT molecular complexity index is 401. The summed E-state index contributed by atoms with van der Waals surface area (Å²) in [5, 5.41) is 14.5. The van der Waals surface area contributed by atoms with Gasteiger partial charge in [-0.15, -0.1) is 0 Å². The van der Waals surface area contributed by atoms with Crippen LogP contribution in [0.15, 0.2) is 24.3 Å². The number of rotatable bonds is 7. The second-order valence-electron chi connectivity index (χ2n) is 4.10. The summed E-state index contributed by atoms with van der Waals surface area (Å²) in [5.41, 5.74) is 0. The molecule has 1 aromatic rings. The highest BCUT2D eigenvalue weighted by Gasteiger charge is 2.06. The summed E-state index contributed by atoms with van der Waals surface area (Å²) in [6.07, 6.45) is 0.379. The van der Waals surface area contributed by atoms with Gasteiger partial charge in [0.15, 0.2) is 0 Å². The van der Waals surface area contributed by atoms with E-state index in [0.29, 0.717) is 30.3 Å². The van der Waals surface area contributed by atoms with E-state index in [-0.39, 0.29) is 18.7 Å². The van der Waals surface area contributed by atoms with Crippen molar-refractivity contribution in [1.29, 1.82) is 0 Å². The molecule has 1 unspecified atom stereocenters. The van der Waals surface area contributed by atoms with E-state index < -0.39 is 0 Å². The molecule has 0 spiro atoms. The van der Waals surface area contributed by atoms with Gasteiger partial charge in [0.2, 0.25) is 0 Å². The number of amides is 2. The number of benzene rings is 1. The van der Waals surface area contributed by atoms with Crippen molar-refractivity contribution >= 4 is 17.6 Å². The van der Waals surface area contributed by atoms with Gasteiger partial charge in [-0.2, -0.15) is 0 Å². The highest BCUT2D eigenvalue weighted by atomic mass is 35.5. The number of carbonyl (C=O) groups excluding carboxylic acids is 1. The molecule has 0 bridgehead atoms. The highest BCUT2D eigenvalue weighted by Crippen LogP contribution is 2.18. The van der Waals surface area contributed by atoms with Crippen molar-refractivity contribution in [1.82, 2.24) is 10.6 Å². The molecule has 0 fully saturated rings. The van der Waals surface area contributed by atoms with Crippen molar-refractivity contribution in [2.45, 2.75) is 19.4 Å². The van der Waals surface area contributed by atoms with Gasteiger partial charge in [0, 0.05) is 18.2 Å². The van der Waals surface area contributed by atoms with Gasteiger partial charge in [0.25, 0.3) is 0 Å². The van der Waals surface area contributed by atoms with Crippen LogP contribution in [-0.4, -0.2) is 36.9 Å². The molecule has 0 saturated carbocycles. The fraction of sp³-hybridized carbons (Fsp3) is 0.462. The molecule has 0 aliphatic heterocycles. The van der Waals surface area contributed by atoms with E-state index in [4.69, 9.17) is 21.4 Å². The first-order valence-electron chi connectivity index (χ1n) is 6.16. The Morgan fingerprint density at radius 3 is 2.95 bits per heavy atom. The highest BCUT2D eigenvalue weighted by molar-refractivity contribution is 6.30. The van der Waals surface area contributed by atoms with Crippen LogP contribution in [0, 0.1) is 0 Å². The largest absolute Gasteiger partial charge is 0.489 e. The van der Waals surface area contributed by atoms with E-state index in [1.807, 2.05) is 13.0 Å². The molecule has 0 saturated heterocycles. The molecule has 5 nitrogen and oxygen atoms in total. The third-order valence-electron chi connectivity index (χ3n) is 2.30. The molecule has 0 heterocycles. The second-order valence-corrected chi connectivity index (χ2v) is 4.54. The molecule has 1 rings (SSSR count). The molecule has 1 atom stereocenters. The summed E-state index contributed by atoms with van der Waals surface area (Å²) in [6, 6.07) is 6.84. The van der Waals surface area contributed by atoms with Crippen molar-refractivity contribution in [3.8, 4) is 5.75 Å². The van der Waals surface area contributed by atoms with Crippen molar-refractivity contribution in [3.05, 3.63) is 29.3 Å². The molecule has 6 heteroatoms. The predicted octanol–water partition coefficient (Wildman–Crippen LogP) is 1.79. The fourth-order valence-electron chi connectivity index (χ4n) is 1.39. The van der Waals surface area contributed by atoms with Crippen LogP contribution in [0.3, 0.4) is 0 Å². The Kier molecular flexibility index (Phi) is 7.07. The lowest BCUT2D eigenvalue weighted by atomic mass is 10.3. The number of hydrogen-bond acceptors (Lipinski definition) is 3. The topological polar surface area (TPSA) is 70.6 Å². The van der Waals surface area contributed by atoms with Crippen LogP contribution >= 0.6 is 11.6 Å². The van der Waals surface area contributed by atoms with E-state index in [0.717, 1.165) is 0 Å². The van der Waals surface area contributed by atoms with Gasteiger partial charge >= 0.3 is 6.03 Å². The molecule has 106 valence electrons. The van der Waals surface area contributed by atoms with Crippen LogP contribution in [0.4, 0.5) is 4.79 Å². The minimum absolute atomic E-state index is 0.0640. The first kappa shape index (κ1) is 15.6. The van der Waals surface area contributed by atoms with E-state index >= 15 is 0 Å². The number of aliphatic hydroxyl groups excluding tert-OH is 1. The molecule has 2 amide bonds. The number of halogens is 1. The Labute approximate surface area is 117 Å². The average Bonchev–Trinajstić information content (AvgIpc) is 2.37. The zero-order valence-corrected chi connectivity index (χ0v) is 11.6. The third-order valence-corrected chi connectivity index (χ3v) is 2.54. The summed E-state index contributed by atoms with van der Waals surface area (Å²) in [7, 11) is 0. The van der Waals surface area contributed by atoms with Crippen LogP contribution in [0.1, 0.15) is 13.3 Å². The van der Waals surface area contributed by atoms with Crippen LogP contribution in [-0.2, 0) is 0 Å². The summed E-state index contributed by atoms with van der Waals surface area (Å²) in [4.78, 5) is 11.3. The van der Waals surface area contributed by atoms with Gasteiger partial charge in [-0.05, 0) is 31.5 Å². The normalized spacial score (nSPS) is 11.7. The molecule has 0 aliphatic rings. The molecule has 0 aliphatic carbocycles. The summed E-state index contributed by atoms with van der Waals surface area (Å²) in [5.74, 6) is 0.669. The van der Waals surface area contributed by atoms with Gasteiger partial charge in [-0.3, -0.25) is 0 Å². The maximum absolute atomic E-state index is 11.3. The number of hydrogen-bond donors (Lipinski definition) is 3. The minimum atomic E-state index is -0.269. The Morgan fingerprint density at radius 1 is 1.47 bits per heavy atom. The van der Waals surface area contributed by atoms with E-state index in [1.54, 1.807) is 18.2 Å². The van der Waals surface area contributed by atoms with E-state index in [2.05, 4.69) is 10.6 Å². The van der Waals surface area contributed by atoms with Crippen molar-refractivity contribution in [3.63, 3.8) is 0 Å². The predicted molar refractivity (Wildman–Crippen MR) is 74.6 cm³/mol. The number of carbonyl (C=O) groups is 1. The van der Waals surface area contributed by atoms with Gasteiger partial charge in [-0.25, -0.2) is 4.79 Å². The number of aliphatic hydroxyl groups is 1. The lowest BCUT2D eigenvalue weighted by molar-refractivity contribution is 0.207. The van der Waals surface area contributed by atoms with Crippen molar-refractivity contribution in [2.75, 3.05) is 19.7 Å². The van der Waals surface area contributed by atoms with E-state index in [1.165, 1.54) is 0 Å². The molecular weight excluding hydrogens is 268 g/mol. The van der Waals surface area contributed by atoms with Crippen LogP contribution in [0.25, 0.3) is 0 Å². The molecule has 0 aromatic heterocycles. The average molecular weight is 287 g/mol. The maximum atomic E-state index is 11.3. The van der Waals surface area contributed by atoms with Crippen molar-refractivity contribution in [2.24, 2.45) is 0 Å². The van der Waals surface area contributed by atoms with Gasteiger partial charge in [0.05, 0.1) is 6.54 Å². The lowest BCUT2D eigenvalue weighted by Crippen LogP contribution is -2.40. The molecule has 3 N–H and O–H groups in total. The smallest absolute Gasteiger partial charge is 0.314 e. The summed E-state index contributed by atoms with van der Waals surface area (Å²) in [6.45, 7) is 2.76. The second kappa shape index (κ2) is 8.61. The van der Waals surface area contributed by atoms with Crippen LogP contribution in [0.5, 0.6) is 5.75 Å². The molecule has 19 heavy (non-hydrogen) atoms. The Morgan fingerprint density at radius 2 is 2.26 bits per heavy atom. The molecular formula is C13H19ClN2O3. The number of ether oxygens (including phenoxy) is 1. The maximum Gasteiger partial charge on any atom is 0.314 e. The van der Waals surface area contributed by atoms with E-state index in [9.17, 15) is 4.79 Å². The molecule has 0 radical (unpaired) electrons. The monoisotopic (exact) mass is 286 g/mol. The zero-order valence-electron chi connectivity index (χ0n) is 10.9. The van der Waals surface area contributed by atoms with Gasteiger partial charge in [0.1, 0.15) is 11.9 Å². The first-order valence-corrected chi connectivity index (χ1v) is 6.54. The zero-order chi connectivity index (χ0) is 14.1. The van der Waals surface area contributed by atoms with Crippen LogP contribution in [0.2, 0.25) is 5.02 Å². The molecule has 1 aromatic carbocycles. The third kappa shape index (κ3) is 6.88. The van der Waals surface area contributed by atoms with Crippen LogP contribution < -0.4 is 15.4 Å². The SMILES string of the molecule is CC(CNC(=O)NCCCO)Oc1cccc(Cl)c1. The first-order chi connectivity index (χ1) is 9.11. The van der Waals surface area contributed by atoms with Gasteiger partial charge in [-0.1, -0.05) is 17.7 Å². The Hall–Kier alpha value is -1.46. The number of urea groups is 1. The summed E-state index contributed by atoms with van der Waals surface area (Å²) >= 11 is 5.85. The number of nitrogens with one attached hydrogen (secondary N) is 2. The Balaban J connectivity index is 2.24. The minimum Gasteiger partial charge on any atom is -0.489 e. The van der Waals surface area contributed by atoms with Crippen molar-refractivity contribution < 1.29 is 14.6 Å². The fourth-order valence-corrected chi connectivity index (χ4v) is 1.57. The summed E-state index contributed by atoms with van der Waals surface area (Å²) < 4.78 is 5.60. The lowest BCUT2D eigenvalue weighted by Gasteiger charge is -2.15.